The van der Waals surface area contributed by atoms with Crippen LogP contribution in [-0.2, 0) is 5.60 Å². The molecule has 36 heavy (non-hydrogen) atoms. The van der Waals surface area contributed by atoms with E-state index in [0.717, 1.165) is 74.2 Å². The minimum Gasteiger partial charge on any atom is -0.497 e. The van der Waals surface area contributed by atoms with E-state index in [1.807, 2.05) is 84.9 Å². The van der Waals surface area contributed by atoms with Gasteiger partial charge in [0.15, 0.2) is 0 Å². The minimum absolute atomic E-state index is 0. The summed E-state index contributed by atoms with van der Waals surface area (Å²) >= 11 is 0. The van der Waals surface area contributed by atoms with Gasteiger partial charge in [0.2, 0.25) is 0 Å². The molecule has 3 aromatic rings. The third-order valence-electron chi connectivity index (χ3n) is 7.29. The van der Waals surface area contributed by atoms with Crippen LogP contribution in [0.2, 0.25) is 0 Å². The number of ether oxygens (including phenoxy) is 1. The highest BCUT2D eigenvalue weighted by Crippen LogP contribution is 2.41. The van der Waals surface area contributed by atoms with Crippen LogP contribution >= 0.6 is 12.4 Å². The van der Waals surface area contributed by atoms with Crippen molar-refractivity contribution in [2.45, 2.75) is 37.7 Å². The lowest BCUT2D eigenvalue weighted by Crippen LogP contribution is -2.44. The molecular weight excluding hydrogens is 472 g/mol. The molecule has 2 N–H and O–H groups in total. The molecule has 0 aromatic heterocycles. The van der Waals surface area contributed by atoms with E-state index in [-0.39, 0.29) is 18.3 Å². The molecule has 1 aliphatic heterocycles. The Morgan fingerprint density at radius 2 is 1.44 bits per heavy atom. The van der Waals surface area contributed by atoms with Gasteiger partial charge in [-0.1, -0.05) is 65.8 Å². The third-order valence-corrected chi connectivity index (χ3v) is 7.29. The summed E-state index contributed by atoms with van der Waals surface area (Å²) < 4.78 is 5.20. The Morgan fingerprint density at radius 1 is 0.889 bits per heavy atom. The van der Waals surface area contributed by atoms with Gasteiger partial charge in [0, 0.05) is 0 Å². The fraction of sp³-hybridized carbons (Fsp3) is 0.367. The maximum atomic E-state index is 12.0. The number of halogens is 1. The first kappa shape index (κ1) is 27.7. The van der Waals surface area contributed by atoms with Crippen LogP contribution < -0.4 is 4.74 Å². The second-order valence-corrected chi connectivity index (χ2v) is 9.35. The average molecular weight is 509 g/mol. The lowest BCUT2D eigenvalue weighted by molar-refractivity contribution is -0.0143. The van der Waals surface area contributed by atoms with Gasteiger partial charge < -0.3 is 20.0 Å². The van der Waals surface area contributed by atoms with Crippen LogP contribution in [0.4, 0.5) is 0 Å². The molecule has 0 unspecified atom stereocenters. The predicted octanol–water partition coefficient (Wildman–Crippen LogP) is 6.11. The maximum Gasteiger partial charge on any atom is 0.118 e. The van der Waals surface area contributed by atoms with Crippen LogP contribution in [0.1, 0.15) is 48.8 Å². The third kappa shape index (κ3) is 6.47. The van der Waals surface area contributed by atoms with Gasteiger partial charge in [-0.15, -0.1) is 12.4 Å². The summed E-state index contributed by atoms with van der Waals surface area (Å²) in [6.07, 6.45) is 4.65. The van der Waals surface area contributed by atoms with Crippen LogP contribution in [0.3, 0.4) is 0 Å². The van der Waals surface area contributed by atoms with Gasteiger partial charge in [-0.05, 0) is 98.6 Å². The molecule has 0 spiro atoms. The van der Waals surface area contributed by atoms with Crippen LogP contribution in [-0.4, -0.2) is 47.7 Å². The topological polar surface area (TPSA) is 65.3 Å². The molecule has 1 heterocycles. The van der Waals surface area contributed by atoms with Gasteiger partial charge >= 0.3 is 0 Å². The number of rotatable bonds is 10. The molecule has 5 nitrogen and oxygen atoms in total. The number of hydrogen-bond acceptors (Lipinski definition) is 5. The van der Waals surface area contributed by atoms with Crippen molar-refractivity contribution in [2.75, 3.05) is 26.7 Å². The number of methoxy groups -OCH3 is 1. The summed E-state index contributed by atoms with van der Waals surface area (Å²) in [7, 11) is 1.64. The minimum atomic E-state index is -0.973. The van der Waals surface area contributed by atoms with E-state index in [1.54, 1.807) is 7.11 Å². The van der Waals surface area contributed by atoms with E-state index in [9.17, 15) is 10.3 Å². The number of hydrogen-bond donors (Lipinski definition) is 2. The van der Waals surface area contributed by atoms with Gasteiger partial charge in [-0.3, -0.25) is 0 Å². The molecule has 3 aromatic carbocycles. The number of aliphatic hydroxyl groups is 1. The average Bonchev–Trinajstić information content (AvgIpc) is 2.94. The highest BCUT2D eigenvalue weighted by molar-refractivity contribution is 6.00. The van der Waals surface area contributed by atoms with Crippen molar-refractivity contribution in [1.29, 1.82) is 0 Å². The molecule has 0 saturated carbocycles. The largest absolute Gasteiger partial charge is 0.497 e. The van der Waals surface area contributed by atoms with Crippen molar-refractivity contribution < 1.29 is 15.1 Å². The zero-order valence-corrected chi connectivity index (χ0v) is 21.7. The highest BCUT2D eigenvalue weighted by atomic mass is 35.5. The number of likely N-dealkylation sites (tertiary alicyclic amines) is 1. The second kappa shape index (κ2) is 13.4. The normalized spacial score (nSPS) is 15.3. The van der Waals surface area contributed by atoms with Crippen LogP contribution in [0.5, 0.6) is 5.75 Å². The molecule has 4 rings (SSSR count). The predicted molar refractivity (Wildman–Crippen MR) is 147 cm³/mol. The highest BCUT2D eigenvalue weighted by Gasteiger charge is 2.41. The van der Waals surface area contributed by atoms with E-state index in [4.69, 9.17) is 4.74 Å². The van der Waals surface area contributed by atoms with E-state index in [0.29, 0.717) is 5.71 Å². The molecule has 0 atom stereocenters. The Hall–Kier alpha value is -2.86. The van der Waals surface area contributed by atoms with Crippen LogP contribution in [0.25, 0.3) is 0 Å². The zero-order chi connectivity index (χ0) is 24.5. The molecule has 1 fully saturated rings. The van der Waals surface area contributed by atoms with Gasteiger partial charge in [0.25, 0.3) is 0 Å². The summed E-state index contributed by atoms with van der Waals surface area (Å²) in [4.78, 5) is 2.50. The van der Waals surface area contributed by atoms with Crippen molar-refractivity contribution in [3.63, 3.8) is 0 Å². The van der Waals surface area contributed by atoms with Gasteiger partial charge in [-0.2, -0.15) is 0 Å². The van der Waals surface area contributed by atoms with Gasteiger partial charge in [0.05, 0.1) is 12.8 Å². The molecule has 1 saturated heterocycles. The SMILES string of the molecule is COc1ccc(C(CCCCN2CCC(C(O)(c3ccccc3)c3ccccc3)CC2)=NO)cc1.Cl. The lowest BCUT2D eigenvalue weighted by atomic mass is 9.72. The first-order valence-electron chi connectivity index (χ1n) is 12.6. The van der Waals surface area contributed by atoms with E-state index >= 15 is 0 Å². The number of oxime groups is 1. The zero-order valence-electron chi connectivity index (χ0n) is 20.9. The van der Waals surface area contributed by atoms with E-state index in [1.165, 1.54) is 0 Å². The quantitative estimate of drug-likeness (QED) is 0.150. The summed E-state index contributed by atoms with van der Waals surface area (Å²) in [5, 5.41) is 25.0. The monoisotopic (exact) mass is 508 g/mol. The molecule has 6 heteroatoms. The maximum absolute atomic E-state index is 12.0. The number of piperidine rings is 1. The molecule has 192 valence electrons. The first-order chi connectivity index (χ1) is 17.1. The summed E-state index contributed by atoms with van der Waals surface area (Å²) in [5.74, 6) is 0.965. The Labute approximate surface area is 220 Å². The van der Waals surface area contributed by atoms with Crippen molar-refractivity contribution in [1.82, 2.24) is 4.90 Å². The van der Waals surface area contributed by atoms with Crippen LogP contribution in [0.15, 0.2) is 90.1 Å². The van der Waals surface area contributed by atoms with E-state index < -0.39 is 5.60 Å². The molecule has 0 amide bonds. The second-order valence-electron chi connectivity index (χ2n) is 9.35. The molecule has 0 radical (unpaired) electrons. The fourth-order valence-corrected chi connectivity index (χ4v) is 5.26. The van der Waals surface area contributed by atoms with Crippen molar-refractivity contribution in [3.8, 4) is 5.75 Å². The number of nitrogens with zero attached hydrogens (tertiary/aromatic N) is 2. The Bertz CT molecular complexity index is 1030. The van der Waals surface area contributed by atoms with Crippen molar-refractivity contribution in [3.05, 3.63) is 102 Å². The van der Waals surface area contributed by atoms with Crippen molar-refractivity contribution >= 4 is 18.1 Å². The smallest absolute Gasteiger partial charge is 0.118 e. The van der Waals surface area contributed by atoms with E-state index in [2.05, 4.69) is 10.1 Å². The summed E-state index contributed by atoms with van der Waals surface area (Å²) in [6.45, 7) is 2.97. The van der Waals surface area contributed by atoms with Gasteiger partial charge in [0.1, 0.15) is 11.4 Å². The standard InChI is InChI=1S/C30H36N2O3.ClH/c1-35-28-17-15-24(16-18-28)29(31-34)14-8-9-21-32-22-19-27(20-23-32)30(33,25-10-4-2-5-11-25)26-12-6-3-7-13-26;/h2-7,10-13,15-18,27,33-34H,8-9,14,19-23H2,1H3;1H. The molecule has 1 aliphatic rings. The summed E-state index contributed by atoms with van der Waals surface area (Å²) in [6, 6.07) is 27.8. The molecule has 0 aliphatic carbocycles. The van der Waals surface area contributed by atoms with Crippen molar-refractivity contribution in [2.24, 2.45) is 11.1 Å². The fourth-order valence-electron chi connectivity index (χ4n) is 5.26. The Balaban J connectivity index is 0.00000361. The lowest BCUT2D eigenvalue weighted by Gasteiger charge is -2.42. The molecule has 0 bridgehead atoms. The number of unbranched alkanes of at least 4 members (excludes halogenated alkanes) is 1. The van der Waals surface area contributed by atoms with Crippen LogP contribution in [0, 0.1) is 5.92 Å². The van der Waals surface area contributed by atoms with Gasteiger partial charge in [-0.25, -0.2) is 0 Å². The first-order valence-corrected chi connectivity index (χ1v) is 12.6. The Morgan fingerprint density at radius 3 is 1.94 bits per heavy atom. The number of benzene rings is 3. The summed E-state index contributed by atoms with van der Waals surface area (Å²) in [5.41, 5.74) is 2.61. The Kier molecular flexibility index (Phi) is 10.4. The molecular formula is C30H37ClN2O3.